The van der Waals surface area contributed by atoms with Crippen LogP contribution in [0, 0.1) is 0 Å². The van der Waals surface area contributed by atoms with Crippen molar-refractivity contribution in [3.05, 3.63) is 35.4 Å². The summed E-state index contributed by atoms with van der Waals surface area (Å²) < 4.78 is 46.3. The maximum Gasteiger partial charge on any atom is 0.245 e. The van der Waals surface area contributed by atoms with Gasteiger partial charge in [0, 0.05) is 25.4 Å². The second-order valence-electron chi connectivity index (χ2n) is 8.19. The number of alkyl halides is 2. The number of rotatable bonds is 10. The molecule has 2 atom stereocenters. The summed E-state index contributed by atoms with van der Waals surface area (Å²) in [6.45, 7) is 1.45. The molecule has 3 heterocycles. The molecule has 1 saturated carbocycles. The van der Waals surface area contributed by atoms with Crippen LogP contribution in [0.5, 0.6) is 11.8 Å². The normalized spacial score (nSPS) is 17.1. The van der Waals surface area contributed by atoms with Gasteiger partial charge in [0.25, 0.3) is 0 Å². The van der Waals surface area contributed by atoms with E-state index in [0.29, 0.717) is 23.7 Å². The Hall–Kier alpha value is -2.52. The highest BCUT2D eigenvalue weighted by atomic mass is 35.5. The smallest absolute Gasteiger partial charge is 0.245 e. The highest BCUT2D eigenvalue weighted by molar-refractivity contribution is 7.93. The van der Waals surface area contributed by atoms with E-state index in [0.717, 1.165) is 0 Å². The van der Waals surface area contributed by atoms with Crippen LogP contribution in [0.15, 0.2) is 18.7 Å². The van der Waals surface area contributed by atoms with Crippen LogP contribution in [0.2, 0.25) is 5.02 Å². The Kier molecular flexibility index (Phi) is 7.95. The molecule has 1 aliphatic rings. The van der Waals surface area contributed by atoms with E-state index in [-0.39, 0.29) is 35.1 Å². The van der Waals surface area contributed by atoms with Crippen molar-refractivity contribution in [1.82, 2.24) is 34.7 Å². The molecule has 0 saturated heterocycles. The SMILES string of the molecule is COc1ncnc(OC)c1-n1c(NS(=O)(=O)[C@@H](C)[C@H](OC)c2ncc(Cl)cn2)nnc1C1CC(Cl)(Cl)C1. The molecule has 0 bridgehead atoms. The minimum absolute atomic E-state index is 0.105. The number of hydrogen-bond acceptors (Lipinski definition) is 11. The minimum Gasteiger partial charge on any atom is -0.479 e. The molecule has 17 heteroatoms. The highest BCUT2D eigenvalue weighted by Gasteiger charge is 2.45. The largest absolute Gasteiger partial charge is 0.479 e. The van der Waals surface area contributed by atoms with Crippen molar-refractivity contribution >= 4 is 50.8 Å². The Labute approximate surface area is 227 Å². The van der Waals surface area contributed by atoms with Crippen LogP contribution in [0.4, 0.5) is 5.95 Å². The van der Waals surface area contributed by atoms with Crippen molar-refractivity contribution < 1.29 is 22.6 Å². The van der Waals surface area contributed by atoms with Gasteiger partial charge in [-0.05, 0) is 19.8 Å². The predicted octanol–water partition coefficient (Wildman–Crippen LogP) is 3.09. The van der Waals surface area contributed by atoms with Gasteiger partial charge in [-0.2, -0.15) is 9.97 Å². The Morgan fingerprint density at radius 1 is 1.05 bits per heavy atom. The molecule has 0 aromatic carbocycles. The first-order chi connectivity index (χ1) is 17.5. The first kappa shape index (κ1) is 27.5. The van der Waals surface area contributed by atoms with E-state index >= 15 is 0 Å². The van der Waals surface area contributed by atoms with E-state index in [4.69, 9.17) is 49.0 Å². The number of aromatic nitrogens is 7. The lowest BCUT2D eigenvalue weighted by Crippen LogP contribution is -2.34. The molecule has 4 rings (SSSR count). The van der Waals surface area contributed by atoms with Crippen molar-refractivity contribution in [2.24, 2.45) is 0 Å². The monoisotopic (exact) mass is 592 g/mol. The van der Waals surface area contributed by atoms with Crippen LogP contribution in [0.25, 0.3) is 5.69 Å². The zero-order chi connectivity index (χ0) is 27.0. The summed E-state index contributed by atoms with van der Waals surface area (Å²) >= 11 is 18.3. The van der Waals surface area contributed by atoms with Gasteiger partial charge in [-0.25, -0.2) is 18.4 Å². The average molecular weight is 594 g/mol. The number of sulfonamides is 1. The average Bonchev–Trinajstić information content (AvgIpc) is 3.25. The molecule has 200 valence electrons. The van der Waals surface area contributed by atoms with Crippen LogP contribution in [-0.4, -0.2) is 74.0 Å². The third-order valence-corrected chi connectivity index (χ3v) is 8.31. The third-order valence-electron chi connectivity index (χ3n) is 5.81. The zero-order valence-electron chi connectivity index (χ0n) is 20.1. The van der Waals surface area contributed by atoms with Gasteiger partial charge in [-0.3, -0.25) is 9.29 Å². The molecule has 1 N–H and O–H groups in total. The Morgan fingerprint density at radius 2 is 1.65 bits per heavy atom. The van der Waals surface area contributed by atoms with Crippen molar-refractivity contribution in [1.29, 1.82) is 0 Å². The molecule has 37 heavy (non-hydrogen) atoms. The molecule has 0 spiro atoms. The summed E-state index contributed by atoms with van der Waals surface area (Å²) in [5, 5.41) is 7.49. The maximum absolute atomic E-state index is 13.5. The molecule has 1 aliphatic carbocycles. The second-order valence-corrected chi connectivity index (χ2v) is 12.3. The van der Waals surface area contributed by atoms with Gasteiger partial charge in [0.15, 0.2) is 11.5 Å². The second kappa shape index (κ2) is 10.7. The van der Waals surface area contributed by atoms with Gasteiger partial charge in [-0.15, -0.1) is 33.4 Å². The van der Waals surface area contributed by atoms with E-state index in [1.165, 1.54) is 51.5 Å². The first-order valence-electron chi connectivity index (χ1n) is 10.8. The fourth-order valence-corrected chi connectivity index (χ4v) is 5.86. The number of anilines is 1. The van der Waals surface area contributed by atoms with Crippen LogP contribution in [0.1, 0.15) is 43.4 Å². The van der Waals surface area contributed by atoms with Crippen molar-refractivity contribution in [3.8, 4) is 17.4 Å². The van der Waals surface area contributed by atoms with Crippen LogP contribution < -0.4 is 14.2 Å². The molecule has 0 unspecified atom stereocenters. The van der Waals surface area contributed by atoms with E-state index in [2.05, 4.69) is 34.9 Å². The van der Waals surface area contributed by atoms with Gasteiger partial charge in [0.05, 0.1) is 19.2 Å². The number of methoxy groups -OCH3 is 3. The molecule has 0 aliphatic heterocycles. The number of hydrogen-bond donors (Lipinski definition) is 1. The Morgan fingerprint density at radius 3 is 2.16 bits per heavy atom. The number of halogens is 3. The van der Waals surface area contributed by atoms with E-state index in [9.17, 15) is 8.42 Å². The summed E-state index contributed by atoms with van der Waals surface area (Å²) in [5.74, 6) is 0.338. The topological polar surface area (TPSA) is 156 Å². The van der Waals surface area contributed by atoms with Gasteiger partial charge in [0.1, 0.15) is 27.8 Å². The molecular formula is C20H23Cl3N8O5S. The molecule has 13 nitrogen and oxygen atoms in total. The zero-order valence-corrected chi connectivity index (χ0v) is 23.2. The summed E-state index contributed by atoms with van der Waals surface area (Å²) in [6.07, 6.45) is 3.68. The fourth-order valence-electron chi connectivity index (χ4n) is 3.89. The van der Waals surface area contributed by atoms with Crippen molar-refractivity contribution in [2.75, 3.05) is 26.1 Å². The van der Waals surface area contributed by atoms with Crippen LogP contribution in [0.3, 0.4) is 0 Å². The van der Waals surface area contributed by atoms with E-state index in [1.807, 2.05) is 0 Å². The predicted molar refractivity (Wildman–Crippen MR) is 135 cm³/mol. The number of nitrogens with one attached hydrogen (secondary N) is 1. The summed E-state index contributed by atoms with van der Waals surface area (Å²) in [4.78, 5) is 16.4. The van der Waals surface area contributed by atoms with Crippen LogP contribution in [-0.2, 0) is 14.8 Å². The lowest BCUT2D eigenvalue weighted by molar-refractivity contribution is 0.0950. The lowest BCUT2D eigenvalue weighted by Gasteiger charge is -2.37. The third kappa shape index (κ3) is 5.53. The van der Waals surface area contributed by atoms with Crippen molar-refractivity contribution in [3.63, 3.8) is 0 Å². The summed E-state index contributed by atoms with van der Waals surface area (Å²) in [7, 11) is 0.00260. The summed E-state index contributed by atoms with van der Waals surface area (Å²) in [5.41, 5.74) is 0.198. The van der Waals surface area contributed by atoms with E-state index < -0.39 is 25.7 Å². The molecule has 0 amide bonds. The quantitative estimate of drug-likeness (QED) is 0.345. The molecular weight excluding hydrogens is 571 g/mol. The minimum atomic E-state index is -4.16. The highest BCUT2D eigenvalue weighted by Crippen LogP contribution is 2.52. The van der Waals surface area contributed by atoms with Crippen molar-refractivity contribution in [2.45, 2.75) is 41.4 Å². The van der Waals surface area contributed by atoms with Gasteiger partial charge < -0.3 is 14.2 Å². The molecule has 3 aromatic rings. The Balaban J connectivity index is 1.77. The lowest BCUT2D eigenvalue weighted by atomic mass is 9.83. The van der Waals surface area contributed by atoms with Gasteiger partial charge in [-0.1, -0.05) is 11.6 Å². The number of ether oxygens (including phenoxy) is 3. The first-order valence-corrected chi connectivity index (χ1v) is 13.5. The summed E-state index contributed by atoms with van der Waals surface area (Å²) in [6, 6.07) is 0. The molecule has 0 radical (unpaired) electrons. The maximum atomic E-state index is 13.5. The van der Waals surface area contributed by atoms with Gasteiger partial charge >= 0.3 is 0 Å². The van der Waals surface area contributed by atoms with Gasteiger partial charge in [0.2, 0.25) is 27.7 Å². The fraction of sp³-hybridized carbons (Fsp3) is 0.500. The standard InChI is InChI=1S/C20H23Cl3N8O5S/c1-10(14(34-2)15-24-7-12(21)8-25-15)37(32,33)30-19-29-28-16(11-5-20(22,23)6-11)31(19)13-17(35-3)26-9-27-18(13)36-4/h7-11,14H,5-6H2,1-4H3,(H,29,30)/t10-,14-/m0/s1. The number of nitrogens with zero attached hydrogens (tertiary/aromatic N) is 7. The molecule has 1 fully saturated rings. The Bertz CT molecular complexity index is 1340. The van der Waals surface area contributed by atoms with Crippen LogP contribution >= 0.6 is 34.8 Å². The molecule has 3 aromatic heterocycles. The van der Waals surface area contributed by atoms with E-state index in [1.54, 1.807) is 0 Å².